The van der Waals surface area contributed by atoms with Gasteiger partial charge in [-0.15, -0.1) is 0 Å². The standard InChI is InChI=1S/C19H27F2N5/c1-14(2)16-8-6-15(7-9-16)5-4-10-24-19(22-3)25-13-17-23-11-12-26(17)18(20)21/h6-9,11-12,14,18H,4-5,10,13H2,1-3H3,(H2,22,24,25). The molecule has 0 bridgehead atoms. The number of alkyl halides is 2. The normalized spacial score (nSPS) is 12.0. The number of aliphatic imine (C=N–C) groups is 1. The molecule has 0 aliphatic rings. The van der Waals surface area contributed by atoms with Gasteiger partial charge in [0.15, 0.2) is 5.96 Å². The summed E-state index contributed by atoms with van der Waals surface area (Å²) in [6.45, 7) is 2.71. The first kappa shape index (κ1) is 19.9. The van der Waals surface area contributed by atoms with Crippen molar-refractivity contribution in [2.45, 2.75) is 45.7 Å². The second-order valence-electron chi connectivity index (χ2n) is 6.38. The highest BCUT2D eigenvalue weighted by Crippen LogP contribution is 2.15. The number of halogens is 2. The molecule has 1 heterocycles. The number of benzene rings is 1. The van der Waals surface area contributed by atoms with Gasteiger partial charge < -0.3 is 10.6 Å². The summed E-state index contributed by atoms with van der Waals surface area (Å²) in [6.07, 6.45) is 4.55. The summed E-state index contributed by atoms with van der Waals surface area (Å²) in [4.78, 5) is 8.04. The third-order valence-corrected chi connectivity index (χ3v) is 4.18. The van der Waals surface area contributed by atoms with E-state index in [9.17, 15) is 8.78 Å². The number of nitrogens with one attached hydrogen (secondary N) is 2. The quantitative estimate of drug-likeness (QED) is 0.427. The van der Waals surface area contributed by atoms with Crippen LogP contribution in [-0.2, 0) is 13.0 Å². The van der Waals surface area contributed by atoms with Crippen LogP contribution >= 0.6 is 0 Å². The highest BCUT2D eigenvalue weighted by atomic mass is 19.3. The number of rotatable bonds is 8. The highest BCUT2D eigenvalue weighted by Gasteiger charge is 2.11. The molecule has 1 aromatic carbocycles. The van der Waals surface area contributed by atoms with E-state index in [1.54, 1.807) is 7.05 Å². The summed E-state index contributed by atoms with van der Waals surface area (Å²) >= 11 is 0. The summed E-state index contributed by atoms with van der Waals surface area (Å²) < 4.78 is 26.4. The van der Waals surface area contributed by atoms with Crippen LogP contribution in [-0.4, -0.2) is 29.1 Å². The number of hydrogen-bond acceptors (Lipinski definition) is 2. The van der Waals surface area contributed by atoms with Crippen molar-refractivity contribution in [1.82, 2.24) is 20.2 Å². The SMILES string of the molecule is CN=C(NCCCc1ccc(C(C)C)cc1)NCc1nccn1C(F)F. The number of aromatic nitrogens is 2. The van der Waals surface area contributed by atoms with Gasteiger partial charge in [-0.1, -0.05) is 38.1 Å². The maximum absolute atomic E-state index is 12.8. The van der Waals surface area contributed by atoms with Gasteiger partial charge in [-0.25, -0.2) is 4.98 Å². The maximum Gasteiger partial charge on any atom is 0.319 e. The molecule has 142 valence electrons. The van der Waals surface area contributed by atoms with Crippen LogP contribution in [0, 0.1) is 0 Å². The average molecular weight is 363 g/mol. The molecule has 0 saturated carbocycles. The fourth-order valence-corrected chi connectivity index (χ4v) is 2.61. The number of guanidine groups is 1. The number of hydrogen-bond donors (Lipinski definition) is 2. The molecule has 0 unspecified atom stereocenters. The molecule has 0 fully saturated rings. The summed E-state index contributed by atoms with van der Waals surface area (Å²) in [6, 6.07) is 8.71. The first-order valence-electron chi connectivity index (χ1n) is 8.84. The lowest BCUT2D eigenvalue weighted by Gasteiger charge is -2.13. The minimum absolute atomic E-state index is 0.188. The Kier molecular flexibility index (Phi) is 7.56. The van der Waals surface area contributed by atoms with Crippen LogP contribution < -0.4 is 10.6 Å². The number of aryl methyl sites for hydroxylation is 1. The Labute approximate surface area is 153 Å². The Morgan fingerprint density at radius 3 is 2.54 bits per heavy atom. The van der Waals surface area contributed by atoms with Crippen LogP contribution in [0.4, 0.5) is 8.78 Å². The molecule has 2 N–H and O–H groups in total. The minimum Gasteiger partial charge on any atom is -0.356 e. The summed E-state index contributed by atoms with van der Waals surface area (Å²) in [5.74, 6) is 1.39. The van der Waals surface area contributed by atoms with Crippen LogP contribution in [0.2, 0.25) is 0 Å². The van der Waals surface area contributed by atoms with Gasteiger partial charge in [0.05, 0.1) is 6.54 Å². The van der Waals surface area contributed by atoms with E-state index in [0.717, 1.165) is 24.0 Å². The van der Waals surface area contributed by atoms with Crippen LogP contribution in [0.25, 0.3) is 0 Å². The van der Waals surface area contributed by atoms with Crippen molar-refractivity contribution in [3.05, 3.63) is 53.6 Å². The van der Waals surface area contributed by atoms with Gasteiger partial charge in [-0.2, -0.15) is 8.78 Å². The molecule has 26 heavy (non-hydrogen) atoms. The van der Waals surface area contributed by atoms with Gasteiger partial charge in [-0.3, -0.25) is 9.56 Å². The van der Waals surface area contributed by atoms with Gasteiger partial charge in [0.2, 0.25) is 0 Å². The van der Waals surface area contributed by atoms with Crippen molar-refractivity contribution >= 4 is 5.96 Å². The van der Waals surface area contributed by atoms with Crippen molar-refractivity contribution < 1.29 is 8.78 Å². The van der Waals surface area contributed by atoms with Gasteiger partial charge >= 0.3 is 6.55 Å². The molecule has 7 heteroatoms. The van der Waals surface area contributed by atoms with E-state index < -0.39 is 6.55 Å². The first-order valence-corrected chi connectivity index (χ1v) is 8.84. The van der Waals surface area contributed by atoms with E-state index in [1.807, 2.05) is 0 Å². The van der Waals surface area contributed by atoms with Crippen molar-refractivity contribution in [2.75, 3.05) is 13.6 Å². The minimum atomic E-state index is -2.59. The smallest absolute Gasteiger partial charge is 0.319 e. The van der Waals surface area contributed by atoms with Crippen LogP contribution in [0.5, 0.6) is 0 Å². The summed E-state index contributed by atoms with van der Waals surface area (Å²) in [7, 11) is 1.65. The molecule has 0 atom stereocenters. The summed E-state index contributed by atoms with van der Waals surface area (Å²) in [5.41, 5.74) is 2.65. The van der Waals surface area contributed by atoms with Gasteiger partial charge in [0.25, 0.3) is 0 Å². The predicted octanol–water partition coefficient (Wildman–Crippen LogP) is 3.70. The molecule has 2 rings (SSSR count). The molecular weight excluding hydrogens is 336 g/mol. The molecule has 5 nitrogen and oxygen atoms in total. The maximum atomic E-state index is 12.8. The fraction of sp³-hybridized carbons (Fsp3) is 0.474. The third kappa shape index (κ3) is 5.82. The van der Waals surface area contributed by atoms with Gasteiger partial charge in [0, 0.05) is 26.0 Å². The van der Waals surface area contributed by atoms with E-state index in [2.05, 4.69) is 58.7 Å². The monoisotopic (exact) mass is 363 g/mol. The molecule has 0 radical (unpaired) electrons. The van der Waals surface area contributed by atoms with Gasteiger partial charge in [-0.05, 0) is 29.9 Å². The van der Waals surface area contributed by atoms with E-state index in [0.29, 0.717) is 11.9 Å². The Balaban J connectivity index is 1.72. The zero-order valence-electron chi connectivity index (χ0n) is 15.5. The van der Waals surface area contributed by atoms with Crippen molar-refractivity contribution in [1.29, 1.82) is 0 Å². The summed E-state index contributed by atoms with van der Waals surface area (Å²) in [5, 5.41) is 6.20. The highest BCUT2D eigenvalue weighted by molar-refractivity contribution is 5.79. The molecule has 0 aliphatic carbocycles. The molecular formula is C19H27F2N5. The molecule has 1 aromatic heterocycles. The predicted molar refractivity (Wildman–Crippen MR) is 101 cm³/mol. The van der Waals surface area contributed by atoms with Crippen molar-refractivity contribution in [3.8, 4) is 0 Å². The third-order valence-electron chi connectivity index (χ3n) is 4.18. The molecule has 0 amide bonds. The zero-order valence-corrected chi connectivity index (χ0v) is 15.5. The molecule has 2 aromatic rings. The Morgan fingerprint density at radius 1 is 1.19 bits per heavy atom. The van der Waals surface area contributed by atoms with E-state index >= 15 is 0 Å². The Hall–Kier alpha value is -2.44. The van der Waals surface area contributed by atoms with Crippen LogP contribution in [0.15, 0.2) is 41.7 Å². The zero-order chi connectivity index (χ0) is 18.9. The second-order valence-corrected chi connectivity index (χ2v) is 6.38. The van der Waals surface area contributed by atoms with E-state index in [4.69, 9.17) is 0 Å². The lowest BCUT2D eigenvalue weighted by Crippen LogP contribution is -2.38. The lowest BCUT2D eigenvalue weighted by molar-refractivity contribution is 0.0668. The Bertz CT molecular complexity index is 692. The topological polar surface area (TPSA) is 54.2 Å². The van der Waals surface area contributed by atoms with Gasteiger partial charge in [0.1, 0.15) is 5.82 Å². The van der Waals surface area contributed by atoms with Crippen LogP contribution in [0.1, 0.15) is 49.7 Å². The van der Waals surface area contributed by atoms with E-state index in [1.165, 1.54) is 23.5 Å². The molecule has 0 aliphatic heterocycles. The number of nitrogens with zero attached hydrogens (tertiary/aromatic N) is 3. The van der Waals surface area contributed by atoms with Crippen molar-refractivity contribution in [2.24, 2.45) is 4.99 Å². The average Bonchev–Trinajstić information content (AvgIpc) is 3.10. The second kappa shape index (κ2) is 9.89. The van der Waals surface area contributed by atoms with E-state index in [-0.39, 0.29) is 12.4 Å². The van der Waals surface area contributed by atoms with Crippen molar-refractivity contribution in [3.63, 3.8) is 0 Å². The lowest BCUT2D eigenvalue weighted by atomic mass is 10.0. The number of imidazole rings is 1. The van der Waals surface area contributed by atoms with Crippen LogP contribution in [0.3, 0.4) is 0 Å². The molecule has 0 saturated heterocycles. The molecule has 0 spiro atoms. The fourth-order valence-electron chi connectivity index (χ4n) is 2.61. The first-order chi connectivity index (χ1) is 12.5. The largest absolute Gasteiger partial charge is 0.356 e. The Morgan fingerprint density at radius 2 is 1.92 bits per heavy atom.